The topological polar surface area (TPSA) is 128 Å². The number of hydrogen-bond donors (Lipinski definition) is 2. The van der Waals surface area contributed by atoms with Gasteiger partial charge in [0, 0.05) is 6.42 Å². The number of imidazole rings is 1. The zero-order valence-electron chi connectivity index (χ0n) is 31.1. The molecule has 0 radical (unpaired) electrons. The van der Waals surface area contributed by atoms with Gasteiger partial charge in [0.1, 0.15) is 5.52 Å². The summed E-state index contributed by atoms with van der Waals surface area (Å²) in [5.41, 5.74) is 5.02. The lowest BCUT2D eigenvalue weighted by Gasteiger charge is -2.10. The number of H-pyrrole nitrogens is 1. The number of amides is 1. The monoisotopic (exact) mass is 689 g/mol. The molecule has 0 aliphatic rings. The summed E-state index contributed by atoms with van der Waals surface area (Å²) in [6.45, 7) is 9.43. The van der Waals surface area contributed by atoms with E-state index in [1.807, 2.05) is 24.3 Å². The zero-order chi connectivity index (χ0) is 36.1. The number of carbonyl (C=O) groups excluding carboxylic acids is 2. The average Bonchev–Trinajstić information content (AvgIpc) is 3.42. The minimum Gasteiger partial charge on any atom is -0.469 e. The first kappa shape index (κ1) is 40.2. The molecule has 0 unspecified atom stereocenters. The number of ether oxygens (including phenoxy) is 2. The van der Waals surface area contributed by atoms with E-state index in [4.69, 9.17) is 9.47 Å². The van der Waals surface area contributed by atoms with Gasteiger partial charge in [0.2, 0.25) is 5.91 Å². The Labute approximate surface area is 298 Å². The van der Waals surface area contributed by atoms with E-state index in [9.17, 15) is 14.4 Å². The predicted molar refractivity (Wildman–Crippen MR) is 202 cm³/mol. The minimum atomic E-state index is -0.386. The maximum Gasteiger partial charge on any atom is 0.328 e. The molecule has 2 aromatic heterocycles. The van der Waals surface area contributed by atoms with Crippen molar-refractivity contribution in [2.75, 3.05) is 19.0 Å². The molecular weight excluding hydrogens is 630 g/mol. The molecule has 0 bridgehead atoms. The number of anilines is 1. The molecule has 1 amide bonds. The number of unbranched alkanes of at least 4 members (excludes halogenated alkanes) is 6. The van der Waals surface area contributed by atoms with Crippen LogP contribution in [0.25, 0.3) is 11.2 Å². The Morgan fingerprint density at radius 2 is 1.56 bits per heavy atom. The maximum atomic E-state index is 13.2. The summed E-state index contributed by atoms with van der Waals surface area (Å²) in [7, 11) is 1.35. The van der Waals surface area contributed by atoms with Gasteiger partial charge < -0.3 is 19.8 Å². The van der Waals surface area contributed by atoms with E-state index >= 15 is 0 Å². The van der Waals surface area contributed by atoms with Crippen LogP contribution in [0.1, 0.15) is 135 Å². The van der Waals surface area contributed by atoms with Crippen molar-refractivity contribution in [2.24, 2.45) is 0 Å². The molecule has 0 fully saturated rings. The maximum absolute atomic E-state index is 13.2. The molecule has 0 atom stereocenters. The first-order valence-electron chi connectivity index (χ1n) is 18.7. The van der Waals surface area contributed by atoms with Crippen molar-refractivity contribution in [1.82, 2.24) is 19.5 Å². The number of benzene rings is 1. The van der Waals surface area contributed by atoms with Crippen molar-refractivity contribution in [3.8, 4) is 6.01 Å². The second kappa shape index (κ2) is 22.5. The van der Waals surface area contributed by atoms with E-state index in [1.165, 1.54) is 62.2 Å². The number of esters is 1. The van der Waals surface area contributed by atoms with Crippen LogP contribution >= 0.6 is 0 Å². The van der Waals surface area contributed by atoms with Gasteiger partial charge in [-0.15, -0.1) is 0 Å². The van der Waals surface area contributed by atoms with Crippen LogP contribution in [0.4, 0.5) is 5.82 Å². The molecule has 0 saturated carbocycles. The molecule has 0 spiro atoms. The fraction of sp³-hybridized carbons (Fsp3) is 0.575. The van der Waals surface area contributed by atoms with Crippen molar-refractivity contribution in [2.45, 2.75) is 137 Å². The summed E-state index contributed by atoms with van der Waals surface area (Å²) in [6.07, 6.45) is 20.5. The summed E-state index contributed by atoms with van der Waals surface area (Å²) in [4.78, 5) is 49.8. The molecule has 10 heteroatoms. The first-order chi connectivity index (χ1) is 24.3. The molecule has 0 aliphatic carbocycles. The number of carbonyl (C=O) groups is 2. The lowest BCUT2D eigenvalue weighted by Crippen LogP contribution is -2.18. The van der Waals surface area contributed by atoms with Crippen LogP contribution < -0.4 is 15.7 Å². The van der Waals surface area contributed by atoms with Crippen LogP contribution in [0.15, 0.2) is 52.4 Å². The molecule has 1 aromatic carbocycles. The number of aromatic nitrogens is 4. The molecule has 3 rings (SSSR count). The Morgan fingerprint density at radius 1 is 0.860 bits per heavy atom. The zero-order valence-corrected chi connectivity index (χ0v) is 31.1. The van der Waals surface area contributed by atoms with Gasteiger partial charge in [0.05, 0.1) is 26.7 Å². The number of hydrogen-bond acceptors (Lipinski definition) is 7. The molecule has 10 nitrogen and oxygen atoms in total. The number of methoxy groups -OCH3 is 1. The van der Waals surface area contributed by atoms with Gasteiger partial charge in [-0.05, 0) is 81.8 Å². The summed E-state index contributed by atoms with van der Waals surface area (Å²) in [6, 6.07) is 7.52. The van der Waals surface area contributed by atoms with Gasteiger partial charge >= 0.3 is 17.7 Å². The summed E-state index contributed by atoms with van der Waals surface area (Å²) >= 11 is 0. The summed E-state index contributed by atoms with van der Waals surface area (Å²) in [5, 5.41) is 2.91. The SMILES string of the molecule is CCCCOc1nc(NC(=O)CCCCC/C=C(\CC)CCCC/C=C(\CC)CCC)c2[nH]c(=O)n(Cc3cccc(CC(=O)OC)c3)c2n1. The van der Waals surface area contributed by atoms with Gasteiger partial charge in [-0.3, -0.25) is 14.2 Å². The number of fused-ring (bicyclic) bond motifs is 1. The number of allylic oxidation sites excluding steroid dienone is 4. The number of rotatable bonds is 24. The summed E-state index contributed by atoms with van der Waals surface area (Å²) < 4.78 is 12.1. The fourth-order valence-electron chi connectivity index (χ4n) is 5.96. The second-order valence-corrected chi connectivity index (χ2v) is 12.9. The van der Waals surface area contributed by atoms with Gasteiger partial charge in [0.25, 0.3) is 0 Å². The van der Waals surface area contributed by atoms with E-state index in [-0.39, 0.29) is 42.4 Å². The van der Waals surface area contributed by atoms with Crippen LogP contribution in [-0.2, 0) is 27.3 Å². The van der Waals surface area contributed by atoms with Crippen molar-refractivity contribution < 1.29 is 19.1 Å². The predicted octanol–water partition coefficient (Wildman–Crippen LogP) is 8.98. The van der Waals surface area contributed by atoms with Crippen LogP contribution in [0.3, 0.4) is 0 Å². The van der Waals surface area contributed by atoms with E-state index in [0.717, 1.165) is 56.1 Å². The van der Waals surface area contributed by atoms with Crippen molar-refractivity contribution in [3.05, 3.63) is 69.2 Å². The van der Waals surface area contributed by atoms with Crippen LogP contribution in [0.5, 0.6) is 6.01 Å². The van der Waals surface area contributed by atoms with Gasteiger partial charge in [0.15, 0.2) is 11.5 Å². The molecule has 3 aromatic rings. The van der Waals surface area contributed by atoms with Crippen LogP contribution in [0, 0.1) is 0 Å². The molecule has 50 heavy (non-hydrogen) atoms. The van der Waals surface area contributed by atoms with Crippen molar-refractivity contribution >= 4 is 28.9 Å². The van der Waals surface area contributed by atoms with Crippen LogP contribution in [0.2, 0.25) is 0 Å². The third-order valence-corrected chi connectivity index (χ3v) is 8.90. The van der Waals surface area contributed by atoms with E-state index in [1.54, 1.807) is 5.57 Å². The standard InChI is InChI=1S/C40H59N5O5/c1-6-10-26-50-39-43-37(36-38(44-39)45(40(48)42-36)29-33-24-18-23-32(27-33)28-35(47)49-5)41-34(46)25-17-12-11-14-21-31(9-4)22-16-13-15-20-30(8-3)19-7-2/h18,20-21,23-24,27H,6-17,19,22,25-26,28-29H2,1-5H3,(H,42,48)(H,41,43,44,46)/b30-20+,31-21+. The smallest absolute Gasteiger partial charge is 0.328 e. The number of nitrogens with zero attached hydrogens (tertiary/aromatic N) is 3. The Kier molecular flexibility index (Phi) is 18.1. The minimum absolute atomic E-state index is 0.102. The molecular formula is C40H59N5O5. The van der Waals surface area contributed by atoms with E-state index in [2.05, 4.69) is 60.1 Å². The molecule has 2 heterocycles. The Hall–Kier alpha value is -4.21. The second-order valence-electron chi connectivity index (χ2n) is 12.9. The summed E-state index contributed by atoms with van der Waals surface area (Å²) in [5.74, 6) is -0.282. The normalized spacial score (nSPS) is 12.0. The van der Waals surface area contributed by atoms with Crippen molar-refractivity contribution in [1.29, 1.82) is 0 Å². The van der Waals surface area contributed by atoms with Gasteiger partial charge in [-0.25, -0.2) is 4.79 Å². The first-order valence-corrected chi connectivity index (χ1v) is 18.7. The highest BCUT2D eigenvalue weighted by molar-refractivity contribution is 5.97. The van der Waals surface area contributed by atoms with E-state index < -0.39 is 0 Å². The molecule has 274 valence electrons. The fourth-order valence-corrected chi connectivity index (χ4v) is 5.96. The molecule has 0 aliphatic heterocycles. The Balaban J connectivity index is 1.58. The third-order valence-electron chi connectivity index (χ3n) is 8.90. The number of aromatic amines is 1. The molecule has 0 saturated heterocycles. The highest BCUT2D eigenvalue weighted by Crippen LogP contribution is 2.23. The third kappa shape index (κ3) is 13.6. The largest absolute Gasteiger partial charge is 0.469 e. The van der Waals surface area contributed by atoms with E-state index in [0.29, 0.717) is 24.2 Å². The average molecular weight is 690 g/mol. The quantitative estimate of drug-likeness (QED) is 0.0546. The van der Waals surface area contributed by atoms with Gasteiger partial charge in [-0.1, -0.05) is 94.5 Å². The number of nitrogens with one attached hydrogen (secondary N) is 2. The highest BCUT2D eigenvalue weighted by atomic mass is 16.5. The Bertz CT molecular complexity index is 1620. The highest BCUT2D eigenvalue weighted by Gasteiger charge is 2.18. The van der Waals surface area contributed by atoms with Crippen LogP contribution in [-0.4, -0.2) is 45.1 Å². The Morgan fingerprint density at radius 3 is 2.26 bits per heavy atom. The van der Waals surface area contributed by atoms with Gasteiger partial charge in [-0.2, -0.15) is 9.97 Å². The lowest BCUT2D eigenvalue weighted by atomic mass is 10.0. The lowest BCUT2D eigenvalue weighted by molar-refractivity contribution is -0.139. The van der Waals surface area contributed by atoms with Crippen molar-refractivity contribution in [3.63, 3.8) is 0 Å². The molecule has 2 N–H and O–H groups in total.